The summed E-state index contributed by atoms with van der Waals surface area (Å²) in [5.74, 6) is 0. The van der Waals surface area contributed by atoms with Crippen molar-refractivity contribution >= 4 is 0 Å². The Kier molecular flexibility index (Phi) is 8.67. The van der Waals surface area contributed by atoms with Gasteiger partial charge in [-0.3, -0.25) is 0 Å². The molecule has 3 aliphatic heterocycles. The van der Waals surface area contributed by atoms with Gasteiger partial charge in [0, 0.05) is 18.1 Å². The fraction of sp³-hybridized carbons (Fsp3) is 1.00. The first-order valence-electron chi connectivity index (χ1n) is 12.2. The zero-order chi connectivity index (χ0) is 25.6. The van der Waals surface area contributed by atoms with E-state index in [1.54, 1.807) is 14.0 Å². The van der Waals surface area contributed by atoms with Crippen molar-refractivity contribution in [2.75, 3.05) is 7.05 Å². The largest absolute Gasteiger partial charge is 0.389 e. The van der Waals surface area contributed by atoms with Gasteiger partial charge in [-0.2, -0.15) is 0 Å². The second-order valence-corrected chi connectivity index (χ2v) is 10.2. The number of likely N-dealkylation sites (N-methyl/N-ethyl adjacent to an activating group) is 1. The van der Waals surface area contributed by atoms with Gasteiger partial charge in [-0.25, -0.2) is 0 Å². The lowest BCUT2D eigenvalue weighted by Gasteiger charge is -2.51. The Balaban J connectivity index is 1.42. The quantitative estimate of drug-likeness (QED) is 0.169. The van der Waals surface area contributed by atoms with Crippen molar-refractivity contribution < 1.29 is 44.1 Å². The molecule has 1 aliphatic carbocycles. The van der Waals surface area contributed by atoms with Gasteiger partial charge in [0.1, 0.15) is 30.5 Å². The minimum absolute atomic E-state index is 0.248. The minimum Gasteiger partial charge on any atom is -0.389 e. The van der Waals surface area contributed by atoms with Crippen LogP contribution in [0.5, 0.6) is 0 Å². The number of fused-ring (bicyclic) bond motifs is 1. The summed E-state index contributed by atoms with van der Waals surface area (Å²) in [6.07, 6.45) is -9.43. The molecule has 0 bridgehead atoms. The van der Waals surface area contributed by atoms with E-state index >= 15 is 0 Å². The SMILES string of the molecule is CNC1C(O[C@H]2OC(C)[C@@H](N)CC2O)O[C@H]2CC(N)[C@@H](O[C@@H]3C(N)C[C@@H](N)C(O)[C@H]3O)OC2C1O. The summed E-state index contributed by atoms with van der Waals surface area (Å²) in [7, 11) is 1.63. The van der Waals surface area contributed by atoms with Crippen molar-refractivity contribution in [1.29, 1.82) is 0 Å². The summed E-state index contributed by atoms with van der Waals surface area (Å²) >= 11 is 0. The summed E-state index contributed by atoms with van der Waals surface area (Å²) in [4.78, 5) is 0. The zero-order valence-corrected chi connectivity index (χ0v) is 20.0. The Bertz CT molecular complexity index is 710. The van der Waals surface area contributed by atoms with Crippen molar-refractivity contribution in [1.82, 2.24) is 5.32 Å². The maximum absolute atomic E-state index is 11.1. The summed E-state index contributed by atoms with van der Waals surface area (Å²) in [6, 6.07) is -3.03. The molecular weight excluding hydrogens is 466 g/mol. The van der Waals surface area contributed by atoms with Crippen LogP contribution in [0.25, 0.3) is 0 Å². The topological polar surface area (TPSA) is 243 Å². The van der Waals surface area contributed by atoms with Crippen LogP contribution in [0.2, 0.25) is 0 Å². The molecule has 204 valence electrons. The molecule has 3 saturated heterocycles. The monoisotopic (exact) mass is 507 g/mol. The van der Waals surface area contributed by atoms with Crippen molar-refractivity contribution in [3.8, 4) is 0 Å². The molecular formula is C21H41N5O9. The van der Waals surface area contributed by atoms with Gasteiger partial charge in [-0.05, 0) is 33.2 Å². The molecule has 1 saturated carbocycles. The number of nitrogens with one attached hydrogen (secondary N) is 1. The molecule has 0 aromatic rings. The molecule has 0 aromatic carbocycles. The molecule has 0 amide bonds. The lowest BCUT2D eigenvalue weighted by atomic mass is 9.84. The van der Waals surface area contributed by atoms with Gasteiger partial charge < -0.3 is 72.4 Å². The lowest BCUT2D eigenvalue weighted by molar-refractivity contribution is -0.366. The molecule has 9 unspecified atom stereocenters. The fourth-order valence-corrected chi connectivity index (χ4v) is 5.33. The first kappa shape index (κ1) is 27.5. The number of hydrogen-bond acceptors (Lipinski definition) is 14. The highest BCUT2D eigenvalue weighted by Crippen LogP contribution is 2.35. The molecule has 14 heteroatoms. The Hall–Kier alpha value is -0.560. The normalized spacial score (nSPS) is 55.4. The first-order chi connectivity index (χ1) is 16.5. The van der Waals surface area contributed by atoms with Crippen LogP contribution in [0, 0.1) is 0 Å². The van der Waals surface area contributed by atoms with Crippen LogP contribution in [0.3, 0.4) is 0 Å². The molecule has 14 nitrogen and oxygen atoms in total. The van der Waals surface area contributed by atoms with Gasteiger partial charge in [0.2, 0.25) is 0 Å². The molecule has 13 N–H and O–H groups in total. The molecule has 0 aromatic heterocycles. The van der Waals surface area contributed by atoms with Gasteiger partial charge in [0.25, 0.3) is 0 Å². The smallest absolute Gasteiger partial charge is 0.186 e. The summed E-state index contributed by atoms with van der Waals surface area (Å²) in [5, 5.41) is 45.0. The van der Waals surface area contributed by atoms with Crippen molar-refractivity contribution in [2.24, 2.45) is 22.9 Å². The molecule has 35 heavy (non-hydrogen) atoms. The summed E-state index contributed by atoms with van der Waals surface area (Å²) in [6.45, 7) is 1.80. The maximum Gasteiger partial charge on any atom is 0.186 e. The molecule has 4 fully saturated rings. The van der Waals surface area contributed by atoms with Crippen LogP contribution >= 0.6 is 0 Å². The highest BCUT2D eigenvalue weighted by molar-refractivity contribution is 5.01. The predicted octanol–water partition coefficient (Wildman–Crippen LogP) is -4.89. The third-order valence-electron chi connectivity index (χ3n) is 7.58. The molecule has 0 spiro atoms. The molecule has 3 heterocycles. The lowest BCUT2D eigenvalue weighted by Crippen LogP contribution is -2.69. The minimum atomic E-state index is -1.31. The zero-order valence-electron chi connectivity index (χ0n) is 20.0. The fourth-order valence-electron chi connectivity index (χ4n) is 5.33. The third kappa shape index (κ3) is 5.51. The van der Waals surface area contributed by atoms with Crippen molar-refractivity contribution in [2.45, 2.75) is 124 Å². The van der Waals surface area contributed by atoms with E-state index in [-0.39, 0.29) is 25.0 Å². The Morgan fingerprint density at radius 3 is 2.11 bits per heavy atom. The number of aliphatic hydroxyl groups is 4. The van der Waals surface area contributed by atoms with Crippen LogP contribution in [-0.4, -0.2) is 125 Å². The van der Waals surface area contributed by atoms with Gasteiger partial charge in [-0.15, -0.1) is 0 Å². The summed E-state index contributed by atoms with van der Waals surface area (Å²) < 4.78 is 29.7. The second kappa shape index (κ2) is 11.0. The Morgan fingerprint density at radius 2 is 1.43 bits per heavy atom. The second-order valence-electron chi connectivity index (χ2n) is 10.2. The van der Waals surface area contributed by atoms with E-state index < -0.39 is 85.8 Å². The van der Waals surface area contributed by atoms with E-state index in [1.807, 2.05) is 0 Å². The van der Waals surface area contributed by atoms with Gasteiger partial charge in [0.15, 0.2) is 18.9 Å². The van der Waals surface area contributed by atoms with E-state index in [9.17, 15) is 20.4 Å². The van der Waals surface area contributed by atoms with Crippen LogP contribution in [0.15, 0.2) is 0 Å². The standard InChI is InChI=1S/C21H41N5O9/c1-6-7(22)4-11(27)20(31-6)35-21-13(26-2)15(29)18-12(32-21)5-10(25)19(34-18)33-17-9(24)3-8(23)14(28)16(17)30/h6-21,26-30H,3-5,22-25H2,1-2H3/t6?,7-,8+,9?,10?,11?,12-,13?,14?,15?,16+,17+,18?,19-,20+,21?/m0/s1. The molecule has 4 aliphatic rings. The number of hydrogen-bond donors (Lipinski definition) is 9. The number of nitrogens with two attached hydrogens (primary N) is 4. The van der Waals surface area contributed by atoms with E-state index in [0.717, 1.165) is 0 Å². The average molecular weight is 508 g/mol. The van der Waals surface area contributed by atoms with Crippen LogP contribution in [0.1, 0.15) is 26.2 Å². The van der Waals surface area contributed by atoms with E-state index in [4.69, 9.17) is 46.6 Å². The van der Waals surface area contributed by atoms with Crippen LogP contribution in [-0.2, 0) is 23.7 Å². The van der Waals surface area contributed by atoms with E-state index in [2.05, 4.69) is 5.32 Å². The van der Waals surface area contributed by atoms with Gasteiger partial charge >= 0.3 is 0 Å². The van der Waals surface area contributed by atoms with Crippen molar-refractivity contribution in [3.63, 3.8) is 0 Å². The van der Waals surface area contributed by atoms with Gasteiger partial charge in [0.05, 0.1) is 30.4 Å². The average Bonchev–Trinajstić information content (AvgIpc) is 2.79. The summed E-state index contributed by atoms with van der Waals surface area (Å²) in [5.41, 5.74) is 24.2. The van der Waals surface area contributed by atoms with Crippen LogP contribution < -0.4 is 28.3 Å². The molecule has 16 atom stereocenters. The third-order valence-corrected chi connectivity index (χ3v) is 7.58. The van der Waals surface area contributed by atoms with E-state index in [1.165, 1.54) is 0 Å². The Labute approximate surface area is 204 Å². The number of ether oxygens (including phenoxy) is 5. The molecule has 0 radical (unpaired) electrons. The van der Waals surface area contributed by atoms with Crippen LogP contribution in [0.4, 0.5) is 0 Å². The molecule has 4 rings (SSSR count). The highest BCUT2D eigenvalue weighted by Gasteiger charge is 2.53. The van der Waals surface area contributed by atoms with E-state index in [0.29, 0.717) is 6.42 Å². The van der Waals surface area contributed by atoms with Gasteiger partial charge in [-0.1, -0.05) is 0 Å². The number of rotatable bonds is 5. The predicted molar refractivity (Wildman–Crippen MR) is 120 cm³/mol. The highest BCUT2D eigenvalue weighted by atomic mass is 16.8. The number of aliphatic hydroxyl groups excluding tert-OH is 4. The first-order valence-corrected chi connectivity index (χ1v) is 12.2. The maximum atomic E-state index is 11.1. The Morgan fingerprint density at radius 1 is 0.714 bits per heavy atom. The van der Waals surface area contributed by atoms with Crippen molar-refractivity contribution in [3.05, 3.63) is 0 Å².